The summed E-state index contributed by atoms with van der Waals surface area (Å²) in [6.45, 7) is 1.92. The van der Waals surface area contributed by atoms with E-state index in [1.54, 1.807) is 6.07 Å². The second-order valence-electron chi connectivity index (χ2n) is 9.99. The lowest BCUT2D eigenvalue weighted by Gasteiger charge is -2.44. The van der Waals surface area contributed by atoms with Gasteiger partial charge < -0.3 is 4.74 Å². The van der Waals surface area contributed by atoms with Crippen LogP contribution in [0.5, 0.6) is 5.75 Å². The van der Waals surface area contributed by atoms with E-state index in [-0.39, 0.29) is 23.4 Å². The van der Waals surface area contributed by atoms with Crippen molar-refractivity contribution in [2.75, 3.05) is 26.0 Å². The average Bonchev–Trinajstić information content (AvgIpc) is 3.64. The minimum atomic E-state index is -3.81. The van der Waals surface area contributed by atoms with Crippen LogP contribution in [0.2, 0.25) is 10.0 Å². The molecule has 0 unspecified atom stereocenters. The Labute approximate surface area is 231 Å². The number of carbonyl (C=O) groups excluding carboxylic acids is 1. The monoisotopic (exact) mass is 576 g/mol. The molecule has 1 aliphatic carbocycles. The Bertz CT molecular complexity index is 1440. The second-order valence-corrected chi connectivity index (χ2v) is 12.6. The fraction of sp³-hybridized carbons (Fsp3) is 0.321. The van der Waals surface area contributed by atoms with E-state index in [4.69, 9.17) is 27.9 Å². The Kier molecular flexibility index (Phi) is 7.69. The fourth-order valence-electron chi connectivity index (χ4n) is 4.92. The van der Waals surface area contributed by atoms with E-state index in [9.17, 15) is 17.6 Å². The van der Waals surface area contributed by atoms with E-state index >= 15 is 0 Å². The summed E-state index contributed by atoms with van der Waals surface area (Å²) in [5, 5.41) is 1.16. The van der Waals surface area contributed by atoms with E-state index in [1.807, 2.05) is 35.1 Å². The normalized spacial score (nSPS) is 17.1. The fourth-order valence-corrected chi connectivity index (χ4v) is 5.91. The van der Waals surface area contributed by atoms with E-state index in [1.165, 1.54) is 12.1 Å². The number of halogens is 3. The third kappa shape index (κ3) is 6.31. The summed E-state index contributed by atoms with van der Waals surface area (Å²) in [5.41, 5.74) is 2.57. The molecular weight excluding hydrogens is 550 g/mol. The van der Waals surface area contributed by atoms with Gasteiger partial charge in [0.2, 0.25) is 10.0 Å². The summed E-state index contributed by atoms with van der Waals surface area (Å²) in [5.74, 6) is -1.01. The van der Waals surface area contributed by atoms with Crippen molar-refractivity contribution in [2.24, 2.45) is 5.92 Å². The van der Waals surface area contributed by atoms with Crippen molar-refractivity contribution < 1.29 is 22.3 Å². The van der Waals surface area contributed by atoms with Crippen molar-refractivity contribution in [3.63, 3.8) is 0 Å². The predicted molar refractivity (Wildman–Crippen MR) is 146 cm³/mol. The third-order valence-corrected chi connectivity index (χ3v) is 7.77. The molecule has 0 aromatic heterocycles. The molecule has 0 spiro atoms. The molecule has 1 saturated heterocycles. The van der Waals surface area contributed by atoms with Crippen molar-refractivity contribution >= 4 is 39.1 Å². The number of rotatable bonds is 9. The molecule has 3 aromatic carbocycles. The number of nitrogens with zero attached hydrogens (tertiary/aromatic N) is 1. The maximum atomic E-state index is 14.8. The molecule has 1 atom stereocenters. The summed E-state index contributed by atoms with van der Waals surface area (Å²) in [6, 6.07) is 18.3. The Hall–Kier alpha value is -2.65. The zero-order chi connectivity index (χ0) is 27.0. The van der Waals surface area contributed by atoms with Gasteiger partial charge in [0.1, 0.15) is 11.6 Å². The number of amides is 1. The lowest BCUT2D eigenvalue weighted by Crippen LogP contribution is -2.51. The van der Waals surface area contributed by atoms with Crippen LogP contribution in [0.4, 0.5) is 4.39 Å². The molecule has 1 aliphatic heterocycles. The van der Waals surface area contributed by atoms with Crippen LogP contribution in [0, 0.1) is 11.7 Å². The molecule has 200 valence electrons. The van der Waals surface area contributed by atoms with Gasteiger partial charge in [0, 0.05) is 35.1 Å². The lowest BCUT2D eigenvalue weighted by molar-refractivity contribution is 0.0375. The number of hydrogen-bond donors (Lipinski definition) is 1. The number of sulfonamides is 1. The van der Waals surface area contributed by atoms with E-state index < -0.39 is 21.7 Å². The first-order valence-corrected chi connectivity index (χ1v) is 15.0. The molecule has 38 heavy (non-hydrogen) atoms. The minimum absolute atomic E-state index is 0.0178. The van der Waals surface area contributed by atoms with Crippen molar-refractivity contribution in [2.45, 2.75) is 24.8 Å². The third-order valence-electron chi connectivity index (χ3n) is 6.78. The highest BCUT2D eigenvalue weighted by Crippen LogP contribution is 2.45. The topological polar surface area (TPSA) is 75.7 Å². The average molecular weight is 578 g/mol. The SMILES string of the molecule is CS(=O)(=O)NC(=O)c1cc(C2CC2)c(OCC2CN([C@H](c3ccccc3)c3cc(Cl)cc(Cl)c3)C2)cc1F. The van der Waals surface area contributed by atoms with Gasteiger partial charge in [-0.25, -0.2) is 17.5 Å². The van der Waals surface area contributed by atoms with Crippen molar-refractivity contribution in [1.29, 1.82) is 0 Å². The van der Waals surface area contributed by atoms with Crippen LogP contribution in [0.1, 0.15) is 51.8 Å². The van der Waals surface area contributed by atoms with Crippen LogP contribution in [0.3, 0.4) is 0 Å². The first-order chi connectivity index (χ1) is 18.1. The molecule has 1 amide bonds. The Morgan fingerprint density at radius 2 is 1.71 bits per heavy atom. The molecule has 2 fully saturated rings. The van der Waals surface area contributed by atoms with Crippen molar-refractivity contribution in [1.82, 2.24) is 9.62 Å². The first kappa shape index (κ1) is 26.9. The van der Waals surface area contributed by atoms with E-state index in [0.29, 0.717) is 22.4 Å². The molecular formula is C28H27Cl2FN2O4S. The highest BCUT2D eigenvalue weighted by atomic mass is 35.5. The predicted octanol–water partition coefficient (Wildman–Crippen LogP) is 5.80. The quantitative estimate of drug-likeness (QED) is 0.348. The van der Waals surface area contributed by atoms with Gasteiger partial charge in [-0.15, -0.1) is 0 Å². The highest BCUT2D eigenvalue weighted by Gasteiger charge is 2.36. The summed E-state index contributed by atoms with van der Waals surface area (Å²) >= 11 is 12.6. The maximum Gasteiger partial charge on any atom is 0.267 e. The molecule has 10 heteroatoms. The summed E-state index contributed by atoms with van der Waals surface area (Å²) in [6.07, 6.45) is 2.67. The largest absolute Gasteiger partial charge is 0.493 e. The molecule has 0 radical (unpaired) electrons. The Morgan fingerprint density at radius 1 is 1.05 bits per heavy atom. The number of ether oxygens (including phenoxy) is 1. The molecule has 1 saturated carbocycles. The van der Waals surface area contributed by atoms with Gasteiger partial charge in [0.25, 0.3) is 5.91 Å². The zero-order valence-electron chi connectivity index (χ0n) is 20.7. The zero-order valence-corrected chi connectivity index (χ0v) is 23.0. The minimum Gasteiger partial charge on any atom is -0.493 e. The molecule has 2 aliphatic rings. The van der Waals surface area contributed by atoms with Crippen molar-refractivity contribution in [3.05, 3.63) is 98.8 Å². The number of benzene rings is 3. The second kappa shape index (κ2) is 10.8. The smallest absolute Gasteiger partial charge is 0.267 e. The van der Waals surface area contributed by atoms with Crippen molar-refractivity contribution in [3.8, 4) is 5.75 Å². The maximum absolute atomic E-state index is 14.8. The van der Waals surface area contributed by atoms with Gasteiger partial charge in [-0.2, -0.15) is 0 Å². The molecule has 3 aromatic rings. The summed E-state index contributed by atoms with van der Waals surface area (Å²) in [7, 11) is -3.81. The molecule has 1 N–H and O–H groups in total. The van der Waals surface area contributed by atoms with Gasteiger partial charge >= 0.3 is 0 Å². The molecule has 1 heterocycles. The van der Waals surface area contributed by atoms with Gasteiger partial charge in [-0.1, -0.05) is 53.5 Å². The van der Waals surface area contributed by atoms with Gasteiger partial charge in [0.15, 0.2) is 0 Å². The number of carbonyl (C=O) groups is 1. The van der Waals surface area contributed by atoms with Gasteiger partial charge in [-0.3, -0.25) is 9.69 Å². The van der Waals surface area contributed by atoms with E-state index in [0.717, 1.165) is 48.9 Å². The summed E-state index contributed by atoms with van der Waals surface area (Å²) < 4.78 is 45.6. The molecule has 6 nitrogen and oxygen atoms in total. The van der Waals surface area contributed by atoms with Gasteiger partial charge in [0.05, 0.1) is 24.5 Å². The lowest BCUT2D eigenvalue weighted by atomic mass is 9.90. The number of likely N-dealkylation sites (tertiary alicyclic amines) is 1. The van der Waals surface area contributed by atoms with Gasteiger partial charge in [-0.05, 0) is 59.7 Å². The van der Waals surface area contributed by atoms with Crippen LogP contribution in [0.25, 0.3) is 0 Å². The van der Waals surface area contributed by atoms with Crippen LogP contribution in [-0.4, -0.2) is 45.2 Å². The number of nitrogens with one attached hydrogen (secondary N) is 1. The van der Waals surface area contributed by atoms with Crippen LogP contribution in [0.15, 0.2) is 60.7 Å². The molecule has 0 bridgehead atoms. The van der Waals surface area contributed by atoms with Crippen LogP contribution in [-0.2, 0) is 10.0 Å². The van der Waals surface area contributed by atoms with E-state index in [2.05, 4.69) is 17.0 Å². The Morgan fingerprint density at radius 3 is 2.32 bits per heavy atom. The number of hydrogen-bond acceptors (Lipinski definition) is 5. The summed E-state index contributed by atoms with van der Waals surface area (Å²) in [4.78, 5) is 14.6. The molecule has 5 rings (SSSR count). The van der Waals surface area contributed by atoms with Crippen LogP contribution >= 0.6 is 23.2 Å². The van der Waals surface area contributed by atoms with Crippen LogP contribution < -0.4 is 9.46 Å². The highest BCUT2D eigenvalue weighted by molar-refractivity contribution is 7.89. The Balaban J connectivity index is 1.29. The standard InChI is InChI=1S/C28H27Cl2FN2O4S/c1-38(35,36)32-28(34)24-12-23(18-7-8-18)26(13-25(24)31)37-16-17-14-33(15-17)27(19-5-3-2-4-6-19)20-9-21(29)11-22(30)10-20/h2-6,9-13,17-18,27H,7-8,14-16H2,1H3,(H,32,34)/t27-/m1/s1. The first-order valence-electron chi connectivity index (χ1n) is 12.3.